The summed E-state index contributed by atoms with van der Waals surface area (Å²) in [5.41, 5.74) is 2.17. The lowest BCUT2D eigenvalue weighted by Crippen LogP contribution is -2.21. The molecule has 4 rings (SSSR count). The van der Waals surface area contributed by atoms with Gasteiger partial charge in [-0.05, 0) is 24.2 Å². The second-order valence-corrected chi connectivity index (χ2v) is 5.80. The van der Waals surface area contributed by atoms with Crippen LogP contribution in [0.2, 0.25) is 0 Å². The van der Waals surface area contributed by atoms with E-state index in [0.29, 0.717) is 11.5 Å². The highest BCUT2D eigenvalue weighted by Gasteiger charge is 2.19. The van der Waals surface area contributed by atoms with Gasteiger partial charge < -0.3 is 5.32 Å². The van der Waals surface area contributed by atoms with Gasteiger partial charge in [-0.25, -0.2) is 14.4 Å². The van der Waals surface area contributed by atoms with Crippen molar-refractivity contribution < 1.29 is 8.91 Å². The third kappa shape index (κ3) is 3.19. The molecule has 0 unspecified atom stereocenters. The maximum absolute atomic E-state index is 13.1. The van der Waals surface area contributed by atoms with Crippen molar-refractivity contribution in [1.29, 1.82) is 0 Å². The van der Waals surface area contributed by atoms with Crippen molar-refractivity contribution >= 4 is 17.0 Å². The number of hydrogen-bond acceptors (Lipinski definition) is 7. The number of aromatic amines is 1. The fourth-order valence-corrected chi connectivity index (χ4v) is 2.66. The summed E-state index contributed by atoms with van der Waals surface area (Å²) < 4.78 is 14.8. The van der Waals surface area contributed by atoms with E-state index in [2.05, 4.69) is 35.5 Å². The molecule has 134 valence electrons. The van der Waals surface area contributed by atoms with Crippen molar-refractivity contribution in [1.82, 2.24) is 25.0 Å². The van der Waals surface area contributed by atoms with E-state index >= 15 is 0 Å². The molecule has 4 heterocycles. The standard InChI is InChI=1S/C17H13FN8O/c1-10(13-3-2-11(18)6-20-13)23-17-14(25-27)8-21-16(24-17)12-7-22-26-5-4-19-9-15(12)26/h2-10H,1H3,(H,21,23,24,27)/p+1/t10-/m1/s1. The van der Waals surface area contributed by atoms with Crippen LogP contribution in [0.3, 0.4) is 0 Å². The van der Waals surface area contributed by atoms with Gasteiger partial charge in [0.1, 0.15) is 17.6 Å². The highest BCUT2D eigenvalue weighted by atomic mass is 19.1. The average Bonchev–Trinajstić information content (AvgIpc) is 3.12. The summed E-state index contributed by atoms with van der Waals surface area (Å²) in [6.07, 6.45) is 9.32. The van der Waals surface area contributed by atoms with Crippen molar-refractivity contribution in [2.45, 2.75) is 13.0 Å². The monoisotopic (exact) mass is 365 g/mol. The number of nitroso groups, excluding NO2 is 1. The van der Waals surface area contributed by atoms with E-state index < -0.39 is 5.82 Å². The molecular formula is C17H14FN8O+. The summed E-state index contributed by atoms with van der Waals surface area (Å²) in [6, 6.07) is 2.55. The van der Waals surface area contributed by atoms with Crippen LogP contribution >= 0.6 is 0 Å². The molecule has 0 spiro atoms. The second kappa shape index (κ2) is 6.83. The molecule has 0 aliphatic carbocycles. The Labute approximate surface area is 152 Å². The molecule has 0 amide bonds. The summed E-state index contributed by atoms with van der Waals surface area (Å²) in [7, 11) is 0. The molecule has 0 saturated heterocycles. The van der Waals surface area contributed by atoms with Crippen LogP contribution in [0, 0.1) is 10.7 Å². The Hall–Kier alpha value is -3.82. The van der Waals surface area contributed by atoms with Gasteiger partial charge in [0.15, 0.2) is 17.3 Å². The molecule has 0 saturated carbocycles. The predicted molar refractivity (Wildman–Crippen MR) is 94.5 cm³/mol. The van der Waals surface area contributed by atoms with Crippen LogP contribution in [0.5, 0.6) is 0 Å². The van der Waals surface area contributed by atoms with E-state index in [1.54, 1.807) is 35.4 Å². The zero-order valence-electron chi connectivity index (χ0n) is 14.2. The van der Waals surface area contributed by atoms with Crippen LogP contribution in [0.25, 0.3) is 16.9 Å². The Morgan fingerprint density at radius 1 is 1.26 bits per heavy atom. The lowest BCUT2D eigenvalue weighted by atomic mass is 10.2. The molecule has 0 aromatic carbocycles. The number of aromatic nitrogens is 6. The van der Waals surface area contributed by atoms with Gasteiger partial charge in [-0.2, -0.15) is 5.10 Å². The normalized spacial score (nSPS) is 12.1. The number of fused-ring (bicyclic) bond motifs is 1. The Balaban J connectivity index is 1.71. The first kappa shape index (κ1) is 16.6. The van der Waals surface area contributed by atoms with Crippen molar-refractivity contribution in [3.8, 4) is 11.4 Å². The smallest absolute Gasteiger partial charge is 0.266 e. The zero-order valence-corrected chi connectivity index (χ0v) is 14.2. The quantitative estimate of drug-likeness (QED) is 0.415. The molecule has 9 nitrogen and oxygen atoms in total. The van der Waals surface area contributed by atoms with Crippen LogP contribution in [0.1, 0.15) is 18.7 Å². The lowest BCUT2D eigenvalue weighted by Gasteiger charge is -2.15. The topological polar surface area (TPSA) is 113 Å². The SMILES string of the molecule is C[C@@H](Nc1nc(-c2c[nH][n+]3ccncc23)ncc1N=O)c1ccc(F)cn1. The first-order chi connectivity index (χ1) is 13.2. The molecule has 4 aromatic heterocycles. The molecule has 0 aliphatic heterocycles. The molecule has 10 heteroatoms. The van der Waals surface area contributed by atoms with E-state index in [4.69, 9.17) is 0 Å². The minimum atomic E-state index is -0.420. The Morgan fingerprint density at radius 3 is 2.93 bits per heavy atom. The second-order valence-electron chi connectivity index (χ2n) is 5.80. The highest BCUT2D eigenvalue weighted by molar-refractivity contribution is 5.74. The number of H-pyrrole nitrogens is 1. The molecule has 0 bridgehead atoms. The number of nitrogens with one attached hydrogen (secondary N) is 2. The van der Waals surface area contributed by atoms with Crippen LogP contribution in [-0.4, -0.2) is 25.0 Å². The van der Waals surface area contributed by atoms with Crippen LogP contribution < -0.4 is 9.83 Å². The van der Waals surface area contributed by atoms with Crippen LogP contribution in [-0.2, 0) is 0 Å². The third-order valence-electron chi connectivity index (χ3n) is 4.04. The van der Waals surface area contributed by atoms with Gasteiger partial charge >= 0.3 is 0 Å². The van der Waals surface area contributed by atoms with Gasteiger partial charge in [0, 0.05) is 0 Å². The summed E-state index contributed by atoms with van der Waals surface area (Å²) in [5, 5.41) is 9.11. The van der Waals surface area contributed by atoms with Gasteiger partial charge in [0.2, 0.25) is 6.20 Å². The van der Waals surface area contributed by atoms with Gasteiger partial charge in [-0.1, -0.05) is 4.52 Å². The minimum Gasteiger partial charge on any atom is -0.360 e. The predicted octanol–water partition coefficient (Wildman–Crippen LogP) is 2.71. The zero-order chi connectivity index (χ0) is 18.8. The number of pyridine rings is 1. The van der Waals surface area contributed by atoms with E-state index in [9.17, 15) is 9.30 Å². The molecule has 0 aliphatic rings. The summed E-state index contributed by atoms with van der Waals surface area (Å²) in [4.78, 5) is 27.9. The number of halogens is 1. The highest BCUT2D eigenvalue weighted by Crippen LogP contribution is 2.28. The Bertz CT molecular complexity index is 1110. The fourth-order valence-electron chi connectivity index (χ4n) is 2.66. The molecule has 0 radical (unpaired) electrons. The first-order valence-corrected chi connectivity index (χ1v) is 8.07. The van der Waals surface area contributed by atoms with Crippen LogP contribution in [0.15, 0.2) is 54.5 Å². The van der Waals surface area contributed by atoms with Crippen molar-refractivity contribution in [3.05, 3.63) is 65.7 Å². The lowest BCUT2D eigenvalue weighted by molar-refractivity contribution is -0.577. The first-order valence-electron chi connectivity index (χ1n) is 8.07. The molecule has 4 aromatic rings. The molecule has 1 atom stereocenters. The van der Waals surface area contributed by atoms with Gasteiger partial charge in [-0.3, -0.25) is 9.97 Å². The number of anilines is 1. The van der Waals surface area contributed by atoms with E-state index in [1.807, 2.05) is 6.92 Å². The summed E-state index contributed by atoms with van der Waals surface area (Å²) in [6.45, 7) is 1.82. The summed E-state index contributed by atoms with van der Waals surface area (Å²) >= 11 is 0. The van der Waals surface area contributed by atoms with E-state index in [1.165, 1.54) is 12.3 Å². The molecular weight excluding hydrogens is 351 g/mol. The Morgan fingerprint density at radius 2 is 2.15 bits per heavy atom. The summed E-state index contributed by atoms with van der Waals surface area (Å²) in [5.74, 6) is 0.240. The fraction of sp³-hybridized carbons (Fsp3) is 0.118. The number of nitrogens with zero attached hydrogens (tertiary/aromatic N) is 6. The minimum absolute atomic E-state index is 0.0679. The number of hydrogen-bond donors (Lipinski definition) is 2. The average molecular weight is 365 g/mol. The number of rotatable bonds is 5. The van der Waals surface area contributed by atoms with Gasteiger partial charge in [-0.15, -0.1) is 4.91 Å². The van der Waals surface area contributed by atoms with E-state index in [0.717, 1.165) is 17.3 Å². The van der Waals surface area contributed by atoms with Crippen molar-refractivity contribution in [2.75, 3.05) is 5.32 Å². The van der Waals surface area contributed by atoms with Gasteiger partial charge in [0.25, 0.3) is 5.52 Å². The Kier molecular flexibility index (Phi) is 4.21. The van der Waals surface area contributed by atoms with Gasteiger partial charge in [0.05, 0.1) is 36.5 Å². The van der Waals surface area contributed by atoms with Crippen molar-refractivity contribution in [3.63, 3.8) is 0 Å². The van der Waals surface area contributed by atoms with E-state index in [-0.39, 0.29) is 17.5 Å². The molecule has 0 fully saturated rings. The largest absolute Gasteiger partial charge is 0.360 e. The van der Waals surface area contributed by atoms with Crippen LogP contribution in [0.4, 0.5) is 15.9 Å². The van der Waals surface area contributed by atoms with Crippen molar-refractivity contribution in [2.24, 2.45) is 5.18 Å². The maximum atomic E-state index is 13.1. The molecule has 27 heavy (non-hydrogen) atoms. The molecule has 2 N–H and O–H groups in total. The third-order valence-corrected chi connectivity index (χ3v) is 4.04. The maximum Gasteiger partial charge on any atom is 0.266 e.